The Morgan fingerprint density at radius 1 is 0.833 bits per heavy atom. The van der Waals surface area contributed by atoms with Crippen LogP contribution < -0.4 is 0 Å². The summed E-state index contributed by atoms with van der Waals surface area (Å²) in [4.78, 5) is 0. The first kappa shape index (κ1) is 18.6. The third-order valence-electron chi connectivity index (χ3n) is 5.56. The summed E-state index contributed by atoms with van der Waals surface area (Å²) in [5, 5.41) is 0. The Morgan fingerprint density at radius 2 is 1.38 bits per heavy atom. The zero-order valence-corrected chi connectivity index (χ0v) is 15.4. The number of quaternary nitrogens is 1. The lowest BCUT2D eigenvalue weighted by Gasteiger charge is -2.36. The van der Waals surface area contributed by atoms with Gasteiger partial charge in [-0.3, -0.25) is 0 Å². The molecule has 0 saturated heterocycles. The Kier molecular flexibility index (Phi) is 6.51. The van der Waals surface area contributed by atoms with E-state index in [2.05, 4.69) is 64.1 Å². The number of nitrogens with zero attached hydrogens (tertiary/aromatic N) is 1. The number of rotatable bonds is 8. The molecule has 1 nitrogen and oxygen atoms in total. The van der Waals surface area contributed by atoms with Crippen LogP contribution in [0.5, 0.6) is 0 Å². The molecule has 1 heteroatoms. The fourth-order valence-electron chi connectivity index (χ4n) is 3.38. The smallest absolute Gasteiger partial charge is 0.265 e. The van der Waals surface area contributed by atoms with Crippen LogP contribution in [0, 0.1) is 13.8 Å². The van der Waals surface area contributed by atoms with E-state index in [1.807, 2.05) is 18.2 Å². The highest BCUT2D eigenvalue weighted by Crippen LogP contribution is 2.31. The highest BCUT2D eigenvalue weighted by Gasteiger charge is 2.26. The van der Waals surface area contributed by atoms with Gasteiger partial charge in [0, 0.05) is 17.0 Å². The van der Waals surface area contributed by atoms with Crippen LogP contribution in [-0.4, -0.2) is 24.1 Å². The molecule has 2 aromatic carbocycles. The van der Waals surface area contributed by atoms with Crippen molar-refractivity contribution in [2.24, 2.45) is 0 Å². The molecule has 2 aromatic rings. The second kappa shape index (κ2) is 8.39. The van der Waals surface area contributed by atoms with Crippen molar-refractivity contribution in [1.82, 2.24) is 0 Å². The maximum Gasteiger partial charge on any atom is 0.265 e. The van der Waals surface area contributed by atoms with Crippen LogP contribution in [0.4, 0.5) is 0 Å². The van der Waals surface area contributed by atoms with Crippen molar-refractivity contribution in [2.75, 3.05) is 19.6 Å². The maximum absolute atomic E-state index is 6.46. The summed E-state index contributed by atoms with van der Waals surface area (Å²) in [5.41, 5.74) is 3.73. The molecule has 0 aliphatic heterocycles. The van der Waals surface area contributed by atoms with E-state index < -0.39 is 0 Å². The van der Waals surface area contributed by atoms with Crippen molar-refractivity contribution in [3.63, 3.8) is 0 Å². The predicted molar refractivity (Wildman–Crippen MR) is 104 cm³/mol. The minimum Gasteiger partial charge on any atom is -0.321 e. The van der Waals surface area contributed by atoms with Crippen LogP contribution in [0.25, 0.3) is 0 Å². The fourth-order valence-corrected chi connectivity index (χ4v) is 3.38. The predicted octanol–water partition coefficient (Wildman–Crippen LogP) is 5.48. The second-order valence-electron chi connectivity index (χ2n) is 6.73. The van der Waals surface area contributed by atoms with E-state index in [9.17, 15) is 0 Å². The van der Waals surface area contributed by atoms with E-state index in [1.165, 1.54) is 30.8 Å². The van der Waals surface area contributed by atoms with Gasteiger partial charge in [-0.05, 0) is 33.3 Å². The Morgan fingerprint density at radius 3 is 1.88 bits per heavy atom. The summed E-state index contributed by atoms with van der Waals surface area (Å²) in [6.07, 6.45) is 0. The third kappa shape index (κ3) is 4.21. The number of benzene rings is 2. The normalized spacial score (nSPS) is 14.3. The molecule has 0 saturated carbocycles. The Bertz CT molecular complexity index is 587. The van der Waals surface area contributed by atoms with Crippen LogP contribution in [0.3, 0.4) is 0 Å². The first-order chi connectivity index (χ1) is 11.5. The molecular formula is C23H31N+2. The number of hydrogen-bond donors (Lipinski definition) is 0. The van der Waals surface area contributed by atoms with Gasteiger partial charge in [-0.1, -0.05) is 54.6 Å². The second-order valence-corrected chi connectivity index (χ2v) is 6.73. The maximum atomic E-state index is 6.46. The monoisotopic (exact) mass is 321 g/mol. The van der Waals surface area contributed by atoms with Gasteiger partial charge in [-0.15, -0.1) is 0 Å². The zero-order valence-electron chi connectivity index (χ0n) is 15.4. The van der Waals surface area contributed by atoms with E-state index >= 15 is 0 Å². The average molecular weight is 322 g/mol. The minimum absolute atomic E-state index is 0.0637. The molecule has 2 rings (SSSR count). The summed E-state index contributed by atoms with van der Waals surface area (Å²) in [5.74, 6) is -0.0157. The topological polar surface area (TPSA) is 0 Å². The molecule has 0 heterocycles. The van der Waals surface area contributed by atoms with Crippen LogP contribution in [0.15, 0.2) is 54.6 Å². The average Bonchev–Trinajstić information content (AvgIpc) is 2.66. The van der Waals surface area contributed by atoms with Gasteiger partial charge in [0.25, 0.3) is 6.92 Å². The lowest BCUT2D eigenvalue weighted by atomic mass is 9.84. The zero-order chi connectivity index (χ0) is 17.6. The largest absolute Gasteiger partial charge is 0.321 e. The van der Waals surface area contributed by atoms with Crippen molar-refractivity contribution < 1.29 is 4.48 Å². The van der Waals surface area contributed by atoms with Crippen LogP contribution >= 0.6 is 0 Å². The van der Waals surface area contributed by atoms with Gasteiger partial charge < -0.3 is 4.48 Å². The fraction of sp³-hybridized carbons (Fsp3) is 0.391. The molecule has 2 unspecified atom stereocenters. The van der Waals surface area contributed by atoms with Gasteiger partial charge in [0.1, 0.15) is 6.54 Å². The minimum atomic E-state index is -0.0794. The summed E-state index contributed by atoms with van der Waals surface area (Å²) >= 11 is 0. The Labute approximate surface area is 148 Å². The van der Waals surface area contributed by atoms with E-state index in [0.29, 0.717) is 0 Å². The molecule has 0 fully saturated rings. The standard InChI is InChI=1S/C23H31N/c1-6-24(7-2,8-3)18-21-14-16-23(17-15-21)20(5)19(4)22-12-10-9-11-13-22/h5,9-17,19-20H,4,6-8,18H2,1-3H3/q+2. The van der Waals surface area contributed by atoms with Crippen LogP contribution in [-0.2, 0) is 6.54 Å². The summed E-state index contributed by atoms with van der Waals surface area (Å²) in [7, 11) is 0. The summed E-state index contributed by atoms with van der Waals surface area (Å²) in [6.45, 7) is 22.2. The Hall–Kier alpha value is -1.73. The SMILES string of the molecule is [CH+]C(c1ccc(C[N+](CC)(CC)CC)cc1)C([CH2])c1ccccc1. The van der Waals surface area contributed by atoms with Gasteiger partial charge in [-0.25, -0.2) is 0 Å². The summed E-state index contributed by atoms with van der Waals surface area (Å²) in [6, 6.07) is 19.1. The third-order valence-corrected chi connectivity index (χ3v) is 5.56. The van der Waals surface area contributed by atoms with Gasteiger partial charge in [0.2, 0.25) is 0 Å². The number of hydrogen-bond acceptors (Lipinski definition) is 0. The van der Waals surface area contributed by atoms with Gasteiger partial charge in [0.15, 0.2) is 5.92 Å². The van der Waals surface area contributed by atoms with Crippen molar-refractivity contribution in [2.45, 2.75) is 39.2 Å². The molecule has 24 heavy (non-hydrogen) atoms. The molecule has 0 amide bonds. The first-order valence-corrected chi connectivity index (χ1v) is 9.12. The van der Waals surface area contributed by atoms with E-state index in [0.717, 1.165) is 16.6 Å². The molecular weight excluding hydrogens is 290 g/mol. The quantitative estimate of drug-likeness (QED) is 0.446. The molecule has 2 atom stereocenters. The molecule has 0 aliphatic rings. The first-order valence-electron chi connectivity index (χ1n) is 9.12. The van der Waals surface area contributed by atoms with Crippen molar-refractivity contribution in [3.05, 3.63) is 85.1 Å². The van der Waals surface area contributed by atoms with E-state index in [4.69, 9.17) is 6.92 Å². The summed E-state index contributed by atoms with van der Waals surface area (Å²) < 4.78 is 1.13. The van der Waals surface area contributed by atoms with Gasteiger partial charge >= 0.3 is 0 Å². The molecule has 2 radical (unpaired) electrons. The molecule has 0 aromatic heterocycles. The molecule has 0 aliphatic carbocycles. The van der Waals surface area contributed by atoms with Crippen molar-refractivity contribution in [3.8, 4) is 0 Å². The lowest BCUT2D eigenvalue weighted by molar-refractivity contribution is -0.936. The Balaban J connectivity index is 2.11. The van der Waals surface area contributed by atoms with Crippen molar-refractivity contribution in [1.29, 1.82) is 0 Å². The van der Waals surface area contributed by atoms with Gasteiger partial charge in [-0.2, -0.15) is 0 Å². The van der Waals surface area contributed by atoms with Gasteiger partial charge in [0.05, 0.1) is 19.6 Å². The lowest BCUT2D eigenvalue weighted by Crippen LogP contribution is -2.46. The van der Waals surface area contributed by atoms with E-state index in [1.54, 1.807) is 0 Å². The molecule has 126 valence electrons. The van der Waals surface area contributed by atoms with E-state index in [-0.39, 0.29) is 11.8 Å². The molecule has 0 spiro atoms. The highest BCUT2D eigenvalue weighted by molar-refractivity contribution is 5.32. The van der Waals surface area contributed by atoms with Crippen molar-refractivity contribution >= 4 is 0 Å². The van der Waals surface area contributed by atoms with Crippen LogP contribution in [0.1, 0.15) is 49.3 Å². The highest BCUT2D eigenvalue weighted by atomic mass is 15.3. The molecule has 0 bridgehead atoms. The molecule has 0 N–H and O–H groups in total. The van der Waals surface area contributed by atoms with Crippen LogP contribution in [0.2, 0.25) is 0 Å².